The minimum Gasteiger partial charge on any atom is -0.278 e. The van der Waals surface area contributed by atoms with Gasteiger partial charge in [0.15, 0.2) is 0 Å². The Labute approximate surface area is 136 Å². The number of nitro groups is 1. The molecular formula is C17H13FN4O2. The predicted molar refractivity (Wildman–Crippen MR) is 90.8 cm³/mol. The summed E-state index contributed by atoms with van der Waals surface area (Å²) < 4.78 is 13.5. The zero-order valence-corrected chi connectivity index (χ0v) is 12.7. The first-order valence-corrected chi connectivity index (χ1v) is 7.14. The number of hydrazone groups is 1. The highest BCUT2D eigenvalue weighted by atomic mass is 19.1. The molecule has 0 aliphatic carbocycles. The lowest BCUT2D eigenvalue weighted by molar-refractivity contribution is -0.385. The van der Waals surface area contributed by atoms with Crippen molar-refractivity contribution >= 4 is 28.5 Å². The molecule has 120 valence electrons. The number of aromatic nitrogens is 1. The maximum Gasteiger partial charge on any atom is 0.278 e. The minimum absolute atomic E-state index is 0.0372. The number of aryl methyl sites for hydroxylation is 1. The number of fused-ring (bicyclic) bond motifs is 1. The molecule has 6 nitrogen and oxygen atoms in total. The van der Waals surface area contributed by atoms with E-state index in [9.17, 15) is 14.5 Å². The van der Waals surface area contributed by atoms with Gasteiger partial charge in [-0.15, -0.1) is 0 Å². The van der Waals surface area contributed by atoms with Gasteiger partial charge in [-0.1, -0.05) is 12.1 Å². The van der Waals surface area contributed by atoms with Gasteiger partial charge in [-0.05, 0) is 37.3 Å². The van der Waals surface area contributed by atoms with Crippen molar-refractivity contribution < 1.29 is 9.31 Å². The van der Waals surface area contributed by atoms with Crippen LogP contribution in [0.1, 0.15) is 11.3 Å². The number of hydrogen-bond acceptors (Lipinski definition) is 5. The lowest BCUT2D eigenvalue weighted by Crippen LogP contribution is -1.97. The fourth-order valence-electron chi connectivity index (χ4n) is 2.36. The van der Waals surface area contributed by atoms with Gasteiger partial charge in [0.1, 0.15) is 5.82 Å². The molecule has 3 aromatic rings. The topological polar surface area (TPSA) is 80.4 Å². The summed E-state index contributed by atoms with van der Waals surface area (Å²) in [4.78, 5) is 14.8. The SMILES string of the molecule is Cc1cc(N/N=C/c2ccccc2[N+](=O)[O-])c2cc(F)ccc2n1. The van der Waals surface area contributed by atoms with Crippen LogP contribution in [0.25, 0.3) is 10.9 Å². The maximum absolute atomic E-state index is 13.5. The van der Waals surface area contributed by atoms with E-state index in [-0.39, 0.29) is 11.5 Å². The van der Waals surface area contributed by atoms with Crippen LogP contribution in [0, 0.1) is 22.9 Å². The third-order valence-corrected chi connectivity index (χ3v) is 3.42. The molecule has 0 atom stereocenters. The van der Waals surface area contributed by atoms with E-state index in [1.807, 2.05) is 6.92 Å². The molecule has 2 aromatic carbocycles. The number of rotatable bonds is 4. The molecule has 3 rings (SSSR count). The van der Waals surface area contributed by atoms with Crippen LogP contribution in [0.4, 0.5) is 15.8 Å². The molecule has 0 saturated carbocycles. The van der Waals surface area contributed by atoms with Crippen molar-refractivity contribution in [1.29, 1.82) is 0 Å². The quantitative estimate of drug-likeness (QED) is 0.446. The molecule has 1 N–H and O–H groups in total. The van der Waals surface area contributed by atoms with Gasteiger partial charge in [-0.25, -0.2) is 4.39 Å². The first-order valence-electron chi connectivity index (χ1n) is 7.14. The molecule has 0 saturated heterocycles. The number of pyridine rings is 1. The number of hydrogen-bond donors (Lipinski definition) is 1. The standard InChI is InChI=1S/C17H13FN4O2/c1-11-8-16(14-9-13(18)6-7-15(14)20-11)21-19-10-12-4-2-3-5-17(12)22(23)24/h2-10H,1H3,(H,20,21)/b19-10+. The van der Waals surface area contributed by atoms with E-state index in [4.69, 9.17) is 0 Å². The number of nitrogens with zero attached hydrogens (tertiary/aromatic N) is 3. The van der Waals surface area contributed by atoms with Gasteiger partial charge < -0.3 is 0 Å². The summed E-state index contributed by atoms with van der Waals surface area (Å²) in [7, 11) is 0. The first-order chi connectivity index (χ1) is 11.5. The highest BCUT2D eigenvalue weighted by Crippen LogP contribution is 2.24. The Morgan fingerprint density at radius 3 is 2.83 bits per heavy atom. The molecule has 1 aromatic heterocycles. The van der Waals surface area contributed by atoms with Gasteiger partial charge in [0.05, 0.1) is 27.9 Å². The number of anilines is 1. The lowest BCUT2D eigenvalue weighted by atomic mass is 10.1. The van der Waals surface area contributed by atoms with Gasteiger partial charge >= 0.3 is 0 Å². The fourth-order valence-corrected chi connectivity index (χ4v) is 2.36. The number of halogens is 1. The molecule has 0 aliphatic heterocycles. The van der Waals surface area contributed by atoms with Crippen LogP contribution >= 0.6 is 0 Å². The van der Waals surface area contributed by atoms with Crippen molar-refractivity contribution in [3.05, 3.63) is 75.7 Å². The normalized spacial score (nSPS) is 11.1. The van der Waals surface area contributed by atoms with Crippen LogP contribution in [-0.4, -0.2) is 16.1 Å². The van der Waals surface area contributed by atoms with Crippen molar-refractivity contribution in [1.82, 2.24) is 4.98 Å². The van der Waals surface area contributed by atoms with Crippen molar-refractivity contribution in [3.8, 4) is 0 Å². The predicted octanol–water partition coefficient (Wildman–Crippen LogP) is 4.04. The van der Waals surface area contributed by atoms with Gasteiger partial charge in [0.2, 0.25) is 0 Å². The summed E-state index contributed by atoms with van der Waals surface area (Å²) in [6, 6.07) is 12.3. The van der Waals surface area contributed by atoms with Gasteiger partial charge in [0, 0.05) is 17.1 Å². The Balaban J connectivity index is 1.94. The van der Waals surface area contributed by atoms with Crippen LogP contribution in [0.15, 0.2) is 53.6 Å². The van der Waals surface area contributed by atoms with E-state index in [0.29, 0.717) is 22.2 Å². The van der Waals surface area contributed by atoms with Crippen LogP contribution in [0.5, 0.6) is 0 Å². The number of nitro benzene ring substituents is 1. The summed E-state index contributed by atoms with van der Waals surface area (Å²) in [5.74, 6) is -0.376. The van der Waals surface area contributed by atoms with Crippen molar-refractivity contribution in [2.45, 2.75) is 6.92 Å². The Morgan fingerprint density at radius 1 is 1.25 bits per heavy atom. The van der Waals surface area contributed by atoms with Gasteiger partial charge in [-0.3, -0.25) is 20.5 Å². The molecule has 1 heterocycles. The summed E-state index contributed by atoms with van der Waals surface area (Å²) in [6.07, 6.45) is 1.36. The zero-order chi connectivity index (χ0) is 17.1. The molecule has 0 amide bonds. The number of benzene rings is 2. The highest BCUT2D eigenvalue weighted by molar-refractivity contribution is 5.92. The summed E-state index contributed by atoms with van der Waals surface area (Å²) in [5, 5.41) is 15.6. The van der Waals surface area contributed by atoms with Crippen LogP contribution in [0.3, 0.4) is 0 Å². The summed E-state index contributed by atoms with van der Waals surface area (Å²) >= 11 is 0. The second-order valence-corrected chi connectivity index (χ2v) is 5.16. The summed E-state index contributed by atoms with van der Waals surface area (Å²) in [6.45, 7) is 1.82. The second-order valence-electron chi connectivity index (χ2n) is 5.16. The Hall–Kier alpha value is -3.35. The first kappa shape index (κ1) is 15.5. The second kappa shape index (κ2) is 6.41. The Kier molecular flexibility index (Phi) is 4.15. The molecule has 0 fully saturated rings. The molecule has 0 radical (unpaired) electrons. The summed E-state index contributed by atoms with van der Waals surface area (Å²) in [5.41, 5.74) is 5.11. The Bertz CT molecular complexity index is 956. The van der Waals surface area contributed by atoms with E-state index >= 15 is 0 Å². The van der Waals surface area contributed by atoms with Gasteiger partial charge in [-0.2, -0.15) is 5.10 Å². The van der Waals surface area contributed by atoms with E-state index in [1.54, 1.807) is 30.3 Å². The molecule has 0 unspecified atom stereocenters. The largest absolute Gasteiger partial charge is 0.278 e. The van der Waals surface area contributed by atoms with Crippen molar-refractivity contribution in [3.63, 3.8) is 0 Å². The third-order valence-electron chi connectivity index (χ3n) is 3.42. The number of nitrogens with one attached hydrogen (secondary N) is 1. The molecule has 0 spiro atoms. The maximum atomic E-state index is 13.5. The average Bonchev–Trinajstić information content (AvgIpc) is 2.55. The van der Waals surface area contributed by atoms with Crippen LogP contribution < -0.4 is 5.43 Å². The molecule has 0 aliphatic rings. The molecular weight excluding hydrogens is 311 g/mol. The molecule has 24 heavy (non-hydrogen) atoms. The average molecular weight is 324 g/mol. The highest BCUT2D eigenvalue weighted by Gasteiger charge is 2.10. The van der Waals surface area contributed by atoms with E-state index in [2.05, 4.69) is 15.5 Å². The zero-order valence-electron chi connectivity index (χ0n) is 12.7. The lowest BCUT2D eigenvalue weighted by Gasteiger charge is -2.07. The van der Waals surface area contributed by atoms with E-state index in [0.717, 1.165) is 5.69 Å². The Morgan fingerprint density at radius 2 is 2.04 bits per heavy atom. The number of para-hydroxylation sites is 1. The van der Waals surface area contributed by atoms with Gasteiger partial charge in [0.25, 0.3) is 5.69 Å². The third kappa shape index (κ3) is 3.19. The smallest absolute Gasteiger partial charge is 0.278 e. The van der Waals surface area contributed by atoms with Crippen LogP contribution in [-0.2, 0) is 0 Å². The molecule has 0 bridgehead atoms. The van der Waals surface area contributed by atoms with E-state index < -0.39 is 4.92 Å². The molecule has 7 heteroatoms. The van der Waals surface area contributed by atoms with Crippen molar-refractivity contribution in [2.24, 2.45) is 5.10 Å². The van der Waals surface area contributed by atoms with Crippen LogP contribution in [0.2, 0.25) is 0 Å². The van der Waals surface area contributed by atoms with E-state index in [1.165, 1.54) is 24.4 Å². The monoisotopic (exact) mass is 324 g/mol. The van der Waals surface area contributed by atoms with Crippen molar-refractivity contribution in [2.75, 3.05) is 5.43 Å². The fraction of sp³-hybridized carbons (Fsp3) is 0.0588. The minimum atomic E-state index is -0.470.